The highest BCUT2D eigenvalue weighted by molar-refractivity contribution is 5.90. The van der Waals surface area contributed by atoms with Crippen LogP contribution in [0.1, 0.15) is 11.1 Å². The van der Waals surface area contributed by atoms with Crippen LogP contribution >= 0.6 is 0 Å². The van der Waals surface area contributed by atoms with Crippen LogP contribution in [0.5, 0.6) is 0 Å². The number of hydrogen-bond acceptors (Lipinski definition) is 7. The fourth-order valence-corrected chi connectivity index (χ4v) is 4.02. The first-order valence-electron chi connectivity index (χ1n) is 11.4. The van der Waals surface area contributed by atoms with Crippen molar-refractivity contribution in [3.63, 3.8) is 0 Å². The highest BCUT2D eigenvalue weighted by atomic mass is 16.3. The Balaban J connectivity index is 1.55. The normalized spacial score (nSPS) is 11.4. The molecule has 0 atom stereocenters. The zero-order valence-corrected chi connectivity index (χ0v) is 19.6. The Hall–Kier alpha value is -4.36. The lowest BCUT2D eigenvalue weighted by atomic mass is 9.86. The molecule has 0 aliphatic carbocycles. The second-order valence-corrected chi connectivity index (χ2v) is 8.53. The summed E-state index contributed by atoms with van der Waals surface area (Å²) in [5, 5.41) is 16.2. The summed E-state index contributed by atoms with van der Waals surface area (Å²) in [6, 6.07) is 27.1. The number of aliphatic hydroxyl groups is 1. The smallest absolute Gasteiger partial charge is 0.224 e. The molecule has 7 nitrogen and oxygen atoms in total. The van der Waals surface area contributed by atoms with E-state index in [-0.39, 0.29) is 6.54 Å². The van der Waals surface area contributed by atoms with Gasteiger partial charge in [0.05, 0.1) is 17.6 Å². The molecule has 2 aromatic heterocycles. The third kappa shape index (κ3) is 4.54. The van der Waals surface area contributed by atoms with Crippen LogP contribution in [0.25, 0.3) is 22.3 Å². The molecule has 35 heavy (non-hydrogen) atoms. The Morgan fingerprint density at radius 3 is 1.94 bits per heavy atom. The molecule has 0 saturated carbocycles. The molecule has 0 aliphatic heterocycles. The molecule has 0 aliphatic rings. The maximum atomic E-state index is 11.9. The topological polar surface area (TPSA) is 87.1 Å². The van der Waals surface area contributed by atoms with Gasteiger partial charge in [0.2, 0.25) is 5.95 Å². The molecule has 0 radical (unpaired) electrons. The summed E-state index contributed by atoms with van der Waals surface area (Å²) in [7, 11) is 3.79. The fourth-order valence-electron chi connectivity index (χ4n) is 4.02. The Labute approximate surface area is 204 Å². The summed E-state index contributed by atoms with van der Waals surface area (Å²) in [6.45, 7) is 0.220. The number of anilines is 2. The zero-order valence-electron chi connectivity index (χ0n) is 19.6. The largest absolute Gasteiger partial charge is 0.379 e. The van der Waals surface area contributed by atoms with Gasteiger partial charge in [0.25, 0.3) is 0 Å². The zero-order chi connectivity index (χ0) is 24.3. The summed E-state index contributed by atoms with van der Waals surface area (Å²) in [6.07, 6.45) is 3.45. The van der Waals surface area contributed by atoms with E-state index in [0.29, 0.717) is 23.2 Å². The van der Waals surface area contributed by atoms with Crippen LogP contribution in [0.3, 0.4) is 0 Å². The van der Waals surface area contributed by atoms with Crippen LogP contribution in [-0.4, -0.2) is 45.7 Å². The molecule has 0 spiro atoms. The average Bonchev–Trinajstić information content (AvgIpc) is 2.92. The van der Waals surface area contributed by atoms with Crippen molar-refractivity contribution in [2.45, 2.75) is 5.60 Å². The van der Waals surface area contributed by atoms with Gasteiger partial charge in [0, 0.05) is 31.9 Å². The lowest BCUT2D eigenvalue weighted by Gasteiger charge is -2.30. The minimum Gasteiger partial charge on any atom is -0.379 e. The van der Waals surface area contributed by atoms with Crippen LogP contribution in [0.15, 0.2) is 97.3 Å². The van der Waals surface area contributed by atoms with Crippen LogP contribution in [-0.2, 0) is 5.60 Å². The molecule has 0 saturated heterocycles. The summed E-state index contributed by atoms with van der Waals surface area (Å²) in [5.41, 5.74) is 1.84. The van der Waals surface area contributed by atoms with Crippen molar-refractivity contribution < 1.29 is 5.11 Å². The molecule has 174 valence electrons. The van der Waals surface area contributed by atoms with E-state index in [2.05, 4.69) is 15.3 Å². The van der Waals surface area contributed by atoms with Gasteiger partial charge in [-0.2, -0.15) is 0 Å². The molecule has 2 heterocycles. The highest BCUT2D eigenvalue weighted by Crippen LogP contribution is 2.31. The molecular weight excluding hydrogens is 436 g/mol. The molecule has 5 rings (SSSR count). The van der Waals surface area contributed by atoms with E-state index in [0.717, 1.165) is 22.0 Å². The number of fused-ring (bicyclic) bond motifs is 1. The second-order valence-electron chi connectivity index (χ2n) is 8.53. The number of aromatic nitrogens is 4. The maximum absolute atomic E-state index is 11.9. The quantitative estimate of drug-likeness (QED) is 0.368. The molecule has 0 unspecified atom stereocenters. The first kappa shape index (κ1) is 22.4. The van der Waals surface area contributed by atoms with Gasteiger partial charge < -0.3 is 15.3 Å². The molecule has 0 fully saturated rings. The number of para-hydroxylation sites is 1. The highest BCUT2D eigenvalue weighted by Gasteiger charge is 2.31. The van der Waals surface area contributed by atoms with Gasteiger partial charge in [-0.15, -0.1) is 0 Å². The van der Waals surface area contributed by atoms with E-state index in [1.165, 1.54) is 0 Å². The Bertz CT molecular complexity index is 1380. The van der Waals surface area contributed by atoms with Gasteiger partial charge in [-0.3, -0.25) is 0 Å². The van der Waals surface area contributed by atoms with Crippen LogP contribution < -0.4 is 10.2 Å². The van der Waals surface area contributed by atoms with E-state index in [1.807, 2.05) is 104 Å². The van der Waals surface area contributed by atoms with Gasteiger partial charge in [-0.05, 0) is 23.3 Å². The average molecular weight is 463 g/mol. The molecule has 7 heteroatoms. The lowest BCUT2D eigenvalue weighted by Crippen LogP contribution is -2.35. The van der Waals surface area contributed by atoms with Crippen molar-refractivity contribution in [2.24, 2.45) is 0 Å². The van der Waals surface area contributed by atoms with Crippen LogP contribution in [0.2, 0.25) is 0 Å². The second kappa shape index (κ2) is 9.48. The van der Waals surface area contributed by atoms with Gasteiger partial charge in [0.15, 0.2) is 5.82 Å². The van der Waals surface area contributed by atoms with Gasteiger partial charge >= 0.3 is 0 Å². The van der Waals surface area contributed by atoms with Crippen LogP contribution in [0, 0.1) is 0 Å². The fraction of sp³-hybridized carbons (Fsp3) is 0.143. The predicted molar refractivity (Wildman–Crippen MR) is 139 cm³/mol. The van der Waals surface area contributed by atoms with Crippen molar-refractivity contribution in [3.8, 4) is 11.4 Å². The predicted octanol–water partition coefficient (Wildman–Crippen LogP) is 4.50. The molecule has 2 N–H and O–H groups in total. The Morgan fingerprint density at radius 1 is 0.771 bits per heavy atom. The van der Waals surface area contributed by atoms with Crippen molar-refractivity contribution in [3.05, 3.63) is 108 Å². The molecule has 5 aromatic rings. The standard InChI is InChI=1S/C28H26N6O/c1-34(2)27-29-17-20(18-30-27)25-32-24-16-10-9-15-23(24)26(33-25)31-19-28(35,21-11-5-3-6-12-21)22-13-7-4-8-14-22/h3-18,35H,19H2,1-2H3,(H,31,32,33). The summed E-state index contributed by atoms with van der Waals surface area (Å²) < 4.78 is 0. The van der Waals surface area contributed by atoms with Gasteiger partial charge in [-0.1, -0.05) is 72.8 Å². The van der Waals surface area contributed by atoms with E-state index in [1.54, 1.807) is 12.4 Å². The molecule has 0 amide bonds. The molecule has 3 aromatic carbocycles. The van der Waals surface area contributed by atoms with Crippen molar-refractivity contribution in [1.82, 2.24) is 19.9 Å². The maximum Gasteiger partial charge on any atom is 0.224 e. The number of rotatable bonds is 7. The SMILES string of the molecule is CN(C)c1ncc(-c2nc(NCC(O)(c3ccccc3)c3ccccc3)c3ccccc3n2)cn1. The van der Waals surface area contributed by atoms with Crippen molar-refractivity contribution in [1.29, 1.82) is 0 Å². The van der Waals surface area contributed by atoms with E-state index >= 15 is 0 Å². The van der Waals surface area contributed by atoms with Crippen molar-refractivity contribution >= 4 is 22.7 Å². The molecule has 0 bridgehead atoms. The van der Waals surface area contributed by atoms with Crippen molar-refractivity contribution in [2.75, 3.05) is 30.9 Å². The number of hydrogen-bond donors (Lipinski definition) is 2. The first-order chi connectivity index (χ1) is 17.0. The lowest BCUT2D eigenvalue weighted by molar-refractivity contribution is 0.0949. The monoisotopic (exact) mass is 462 g/mol. The minimum absolute atomic E-state index is 0.220. The van der Waals surface area contributed by atoms with E-state index in [9.17, 15) is 5.11 Å². The summed E-state index contributed by atoms with van der Waals surface area (Å²) in [5.74, 6) is 1.76. The van der Waals surface area contributed by atoms with Gasteiger partial charge in [-0.25, -0.2) is 19.9 Å². The van der Waals surface area contributed by atoms with Crippen LogP contribution in [0.4, 0.5) is 11.8 Å². The summed E-state index contributed by atoms with van der Waals surface area (Å²) >= 11 is 0. The number of benzene rings is 3. The Kier molecular flexibility index (Phi) is 6.08. The van der Waals surface area contributed by atoms with E-state index in [4.69, 9.17) is 9.97 Å². The first-order valence-corrected chi connectivity index (χ1v) is 11.4. The third-order valence-corrected chi connectivity index (χ3v) is 5.91. The minimum atomic E-state index is -1.26. The number of nitrogens with zero attached hydrogens (tertiary/aromatic N) is 5. The third-order valence-electron chi connectivity index (χ3n) is 5.91. The summed E-state index contributed by atoms with van der Waals surface area (Å²) in [4.78, 5) is 20.2. The molecular formula is C28H26N6O. The van der Waals surface area contributed by atoms with E-state index < -0.39 is 5.60 Å². The van der Waals surface area contributed by atoms with Gasteiger partial charge in [0.1, 0.15) is 11.4 Å². The Morgan fingerprint density at radius 2 is 1.34 bits per heavy atom. The number of nitrogens with one attached hydrogen (secondary N) is 1.